The summed E-state index contributed by atoms with van der Waals surface area (Å²) in [6.45, 7) is 1.92. The van der Waals surface area contributed by atoms with E-state index in [1.165, 1.54) is 0 Å². The number of hydrogen-bond acceptors (Lipinski definition) is 4. The molecule has 1 amide bonds. The van der Waals surface area contributed by atoms with Gasteiger partial charge in [0.1, 0.15) is 10.6 Å². The molecule has 4 nitrogen and oxygen atoms in total. The van der Waals surface area contributed by atoms with Gasteiger partial charge in [-0.3, -0.25) is 4.79 Å². The van der Waals surface area contributed by atoms with Crippen LogP contribution in [0.2, 0.25) is 5.02 Å². The first kappa shape index (κ1) is 18.3. The van der Waals surface area contributed by atoms with Crippen molar-refractivity contribution in [3.63, 3.8) is 0 Å². The van der Waals surface area contributed by atoms with E-state index < -0.39 is 17.6 Å². The normalized spacial score (nSPS) is 11.4. The maximum Gasteiger partial charge on any atom is 0.416 e. The zero-order valence-electron chi connectivity index (χ0n) is 13.3. The van der Waals surface area contributed by atoms with Gasteiger partial charge in [-0.25, -0.2) is 0 Å². The van der Waals surface area contributed by atoms with Crippen LogP contribution in [0, 0.1) is 6.92 Å². The Morgan fingerprint density at radius 3 is 2.50 bits per heavy atom. The molecule has 9 heteroatoms. The Bertz CT molecular complexity index is 955. The van der Waals surface area contributed by atoms with E-state index in [0.717, 1.165) is 35.3 Å². The van der Waals surface area contributed by atoms with Crippen molar-refractivity contribution in [1.29, 1.82) is 0 Å². The second-order valence-electron chi connectivity index (χ2n) is 5.46. The quantitative estimate of drug-likeness (QED) is 0.640. The van der Waals surface area contributed by atoms with E-state index in [2.05, 4.69) is 14.9 Å². The topological polar surface area (TPSA) is 54.9 Å². The molecule has 0 aliphatic rings. The van der Waals surface area contributed by atoms with E-state index >= 15 is 0 Å². The largest absolute Gasteiger partial charge is 0.416 e. The first-order valence-corrected chi connectivity index (χ1v) is 8.48. The number of nitrogens with one attached hydrogen (secondary N) is 1. The highest BCUT2D eigenvalue weighted by atomic mass is 35.5. The highest BCUT2D eigenvalue weighted by molar-refractivity contribution is 7.08. The molecule has 1 heterocycles. The molecule has 0 spiro atoms. The van der Waals surface area contributed by atoms with Crippen molar-refractivity contribution in [2.24, 2.45) is 0 Å². The number of aromatic nitrogens is 2. The number of hydrogen-bond donors (Lipinski definition) is 1. The highest BCUT2D eigenvalue weighted by Gasteiger charge is 2.31. The number of alkyl halides is 3. The van der Waals surface area contributed by atoms with Crippen molar-refractivity contribution in [2.45, 2.75) is 13.1 Å². The maximum absolute atomic E-state index is 12.9. The Labute approximate surface area is 155 Å². The Morgan fingerprint density at radius 2 is 1.85 bits per heavy atom. The summed E-state index contributed by atoms with van der Waals surface area (Å²) in [5.41, 5.74) is 1.05. The molecule has 0 saturated carbocycles. The number of carbonyl (C=O) groups is 1. The monoisotopic (exact) mass is 397 g/mol. The zero-order valence-corrected chi connectivity index (χ0v) is 14.8. The molecule has 1 N–H and O–H groups in total. The number of anilines is 1. The van der Waals surface area contributed by atoms with Crippen molar-refractivity contribution in [3.05, 3.63) is 63.5 Å². The van der Waals surface area contributed by atoms with Gasteiger partial charge >= 0.3 is 6.18 Å². The Hall–Kier alpha value is -2.45. The molecule has 2 aromatic carbocycles. The van der Waals surface area contributed by atoms with Crippen LogP contribution < -0.4 is 5.32 Å². The molecule has 26 heavy (non-hydrogen) atoms. The highest BCUT2D eigenvalue weighted by Crippen LogP contribution is 2.34. The molecule has 0 aliphatic heterocycles. The molecule has 0 fully saturated rings. The molecule has 1 aromatic heterocycles. The summed E-state index contributed by atoms with van der Waals surface area (Å²) in [5.74, 6) is -0.628. The lowest BCUT2D eigenvalue weighted by Crippen LogP contribution is -2.13. The van der Waals surface area contributed by atoms with Gasteiger partial charge in [0.2, 0.25) is 0 Å². The van der Waals surface area contributed by atoms with Gasteiger partial charge in [0, 0.05) is 5.56 Å². The van der Waals surface area contributed by atoms with E-state index in [1.54, 1.807) is 12.1 Å². The van der Waals surface area contributed by atoms with Crippen LogP contribution in [-0.4, -0.2) is 15.5 Å². The third-order valence-corrected chi connectivity index (χ3v) is 4.62. The molecule has 0 atom stereocenters. The number of benzene rings is 2. The van der Waals surface area contributed by atoms with Crippen LogP contribution in [0.3, 0.4) is 0 Å². The van der Waals surface area contributed by atoms with E-state index in [1.807, 2.05) is 19.1 Å². The van der Waals surface area contributed by atoms with E-state index in [9.17, 15) is 18.0 Å². The van der Waals surface area contributed by atoms with Crippen molar-refractivity contribution >= 4 is 34.7 Å². The predicted octanol–water partition coefficient (Wildman–Crippen LogP) is 5.44. The minimum Gasteiger partial charge on any atom is -0.320 e. The Kier molecular flexibility index (Phi) is 4.97. The molecule has 3 aromatic rings. The SMILES string of the molecule is Cc1ccc(-c2nnsc2C(=O)Nc2cc(C(F)(F)F)ccc2Cl)cc1. The molecule has 0 unspecified atom stereocenters. The van der Waals surface area contributed by atoms with Crippen LogP contribution in [0.1, 0.15) is 20.8 Å². The summed E-state index contributed by atoms with van der Waals surface area (Å²) in [6, 6.07) is 10.0. The molecule has 0 aliphatic carbocycles. The summed E-state index contributed by atoms with van der Waals surface area (Å²) in [5, 5.41) is 6.36. The third kappa shape index (κ3) is 3.86. The van der Waals surface area contributed by atoms with E-state index in [4.69, 9.17) is 11.6 Å². The average molecular weight is 398 g/mol. The number of amides is 1. The van der Waals surface area contributed by atoms with Crippen molar-refractivity contribution in [3.8, 4) is 11.3 Å². The first-order valence-electron chi connectivity index (χ1n) is 7.33. The number of carbonyl (C=O) groups excluding carboxylic acids is 1. The zero-order chi connectivity index (χ0) is 18.9. The smallest absolute Gasteiger partial charge is 0.320 e. The first-order chi connectivity index (χ1) is 12.3. The number of aryl methyl sites for hydroxylation is 1. The fraction of sp³-hybridized carbons (Fsp3) is 0.118. The summed E-state index contributed by atoms with van der Waals surface area (Å²) in [4.78, 5) is 12.7. The van der Waals surface area contributed by atoms with Crippen molar-refractivity contribution < 1.29 is 18.0 Å². The maximum atomic E-state index is 12.9. The molecular formula is C17H11ClF3N3OS. The van der Waals surface area contributed by atoms with Crippen LogP contribution in [0.15, 0.2) is 42.5 Å². The van der Waals surface area contributed by atoms with Gasteiger partial charge in [0.15, 0.2) is 0 Å². The minimum atomic E-state index is -4.54. The summed E-state index contributed by atoms with van der Waals surface area (Å²) >= 11 is 6.77. The Morgan fingerprint density at radius 1 is 1.15 bits per heavy atom. The number of halogens is 4. The van der Waals surface area contributed by atoms with Gasteiger partial charge in [-0.15, -0.1) is 5.10 Å². The molecule has 0 saturated heterocycles. The fourth-order valence-corrected chi connectivity index (χ4v) is 2.96. The molecule has 134 valence electrons. The van der Waals surface area contributed by atoms with Crippen molar-refractivity contribution in [1.82, 2.24) is 9.59 Å². The molecular weight excluding hydrogens is 387 g/mol. The fourth-order valence-electron chi connectivity index (χ4n) is 2.22. The Balaban J connectivity index is 1.91. The van der Waals surface area contributed by atoms with Gasteiger partial charge in [-0.2, -0.15) is 13.2 Å². The van der Waals surface area contributed by atoms with Crippen LogP contribution in [0.5, 0.6) is 0 Å². The average Bonchev–Trinajstić information content (AvgIpc) is 3.06. The number of rotatable bonds is 3. The van der Waals surface area contributed by atoms with Crippen LogP contribution in [-0.2, 0) is 6.18 Å². The lowest BCUT2D eigenvalue weighted by molar-refractivity contribution is -0.137. The number of nitrogens with zero attached hydrogens (tertiary/aromatic N) is 2. The second-order valence-corrected chi connectivity index (χ2v) is 6.62. The van der Waals surface area contributed by atoms with E-state index in [0.29, 0.717) is 11.3 Å². The summed E-state index contributed by atoms with van der Waals surface area (Å²) < 4.78 is 42.3. The van der Waals surface area contributed by atoms with Gasteiger partial charge in [-0.05, 0) is 36.7 Å². The predicted molar refractivity (Wildman–Crippen MR) is 94.5 cm³/mol. The van der Waals surface area contributed by atoms with Crippen molar-refractivity contribution in [2.75, 3.05) is 5.32 Å². The standard InChI is InChI=1S/C17H11ClF3N3OS/c1-9-2-4-10(5-3-9)14-15(26-24-23-14)16(25)22-13-8-11(17(19,20)21)6-7-12(13)18/h2-8H,1H3,(H,22,25). The lowest BCUT2D eigenvalue weighted by Gasteiger charge is -2.11. The van der Waals surface area contributed by atoms with Crippen LogP contribution >= 0.6 is 23.1 Å². The molecule has 0 bridgehead atoms. The summed E-state index contributed by atoms with van der Waals surface area (Å²) in [6.07, 6.45) is -4.54. The van der Waals surface area contributed by atoms with Gasteiger partial charge in [0.05, 0.1) is 16.3 Å². The van der Waals surface area contributed by atoms with Gasteiger partial charge in [-0.1, -0.05) is 45.9 Å². The van der Waals surface area contributed by atoms with Crippen LogP contribution in [0.4, 0.5) is 18.9 Å². The summed E-state index contributed by atoms with van der Waals surface area (Å²) in [7, 11) is 0. The van der Waals surface area contributed by atoms with E-state index in [-0.39, 0.29) is 15.6 Å². The molecule has 3 rings (SSSR count). The minimum absolute atomic E-state index is 0.000658. The lowest BCUT2D eigenvalue weighted by atomic mass is 10.1. The molecule has 0 radical (unpaired) electrons. The van der Waals surface area contributed by atoms with Gasteiger partial charge < -0.3 is 5.32 Å². The van der Waals surface area contributed by atoms with Crippen LogP contribution in [0.25, 0.3) is 11.3 Å². The van der Waals surface area contributed by atoms with Gasteiger partial charge in [0.25, 0.3) is 5.91 Å². The second kappa shape index (κ2) is 7.05. The third-order valence-electron chi connectivity index (χ3n) is 3.56.